The summed E-state index contributed by atoms with van der Waals surface area (Å²) in [5.74, 6) is 2.92. The van der Waals surface area contributed by atoms with E-state index in [1.54, 1.807) is 0 Å². The van der Waals surface area contributed by atoms with Gasteiger partial charge in [-0.1, -0.05) is 31.5 Å². The van der Waals surface area contributed by atoms with Gasteiger partial charge in [0.15, 0.2) is 5.96 Å². The Balaban J connectivity index is 0.00000312. The fourth-order valence-corrected chi connectivity index (χ4v) is 3.86. The molecule has 0 aromatic heterocycles. The highest BCUT2D eigenvalue weighted by Crippen LogP contribution is 2.25. The molecule has 4 nitrogen and oxygen atoms in total. The number of guanidine groups is 1. The third-order valence-electron chi connectivity index (χ3n) is 4.20. The predicted molar refractivity (Wildman–Crippen MR) is 119 cm³/mol. The van der Waals surface area contributed by atoms with Crippen molar-refractivity contribution < 1.29 is 4.74 Å². The summed E-state index contributed by atoms with van der Waals surface area (Å²) in [5, 5.41) is 3.43. The molecule has 0 saturated carbocycles. The summed E-state index contributed by atoms with van der Waals surface area (Å²) in [7, 11) is 1.87. The van der Waals surface area contributed by atoms with E-state index in [1.165, 1.54) is 23.5 Å². The van der Waals surface area contributed by atoms with Crippen LogP contribution in [0.25, 0.3) is 0 Å². The molecule has 6 heteroatoms. The monoisotopic (exact) mass is 477 g/mol. The Hall–Kier alpha value is -0.470. The molecule has 0 radical (unpaired) electrons. The third-order valence-corrected chi connectivity index (χ3v) is 5.44. The second kappa shape index (κ2) is 13.7. The fourth-order valence-electron chi connectivity index (χ4n) is 2.81. The van der Waals surface area contributed by atoms with Crippen LogP contribution in [0.2, 0.25) is 0 Å². The number of hydrogen-bond donors (Lipinski definition) is 1. The molecule has 1 heterocycles. The number of unbranched alkanes of at least 4 members (excludes halogenated alkanes) is 1. The van der Waals surface area contributed by atoms with Crippen molar-refractivity contribution in [2.45, 2.75) is 31.1 Å². The highest BCUT2D eigenvalue weighted by molar-refractivity contribution is 14.0. The minimum Gasteiger partial charge on any atom is -0.380 e. The first-order valence-electron chi connectivity index (χ1n) is 9.04. The number of thioether (sulfide) groups is 1. The molecule has 1 aliphatic heterocycles. The smallest absolute Gasteiger partial charge is 0.193 e. The van der Waals surface area contributed by atoms with Crippen LogP contribution in [0.3, 0.4) is 0 Å². The first-order chi connectivity index (χ1) is 11.8. The molecule has 1 atom stereocenters. The summed E-state index contributed by atoms with van der Waals surface area (Å²) in [6.07, 6.45) is 3.57. The zero-order valence-electron chi connectivity index (χ0n) is 15.4. The number of nitrogens with zero attached hydrogens (tertiary/aromatic N) is 2. The molecular weight excluding hydrogens is 445 g/mol. The first-order valence-corrected chi connectivity index (χ1v) is 10.0. The lowest BCUT2D eigenvalue weighted by molar-refractivity contribution is 0.135. The minimum absolute atomic E-state index is 0. The molecular formula is C19H32IN3OS. The molecule has 1 aromatic carbocycles. The molecule has 1 aromatic rings. The number of ether oxygens (including phenoxy) is 1. The Kier molecular flexibility index (Phi) is 12.4. The highest BCUT2D eigenvalue weighted by atomic mass is 127. The number of benzene rings is 1. The van der Waals surface area contributed by atoms with Crippen LogP contribution in [0.4, 0.5) is 0 Å². The normalized spacial score (nSPS) is 17.4. The van der Waals surface area contributed by atoms with Gasteiger partial charge in [-0.05, 0) is 30.9 Å². The van der Waals surface area contributed by atoms with Gasteiger partial charge in [0.05, 0.1) is 6.61 Å². The van der Waals surface area contributed by atoms with Crippen molar-refractivity contribution in [1.29, 1.82) is 0 Å². The van der Waals surface area contributed by atoms with Gasteiger partial charge < -0.3 is 15.0 Å². The highest BCUT2D eigenvalue weighted by Gasteiger charge is 2.24. The molecule has 142 valence electrons. The lowest BCUT2D eigenvalue weighted by Gasteiger charge is -2.21. The molecule has 0 spiro atoms. The topological polar surface area (TPSA) is 36.9 Å². The maximum absolute atomic E-state index is 5.60. The largest absolute Gasteiger partial charge is 0.380 e. The average molecular weight is 477 g/mol. The number of nitrogens with one attached hydrogen (secondary N) is 1. The van der Waals surface area contributed by atoms with Crippen molar-refractivity contribution in [1.82, 2.24) is 10.2 Å². The van der Waals surface area contributed by atoms with E-state index in [2.05, 4.69) is 52.5 Å². The Morgan fingerprint density at radius 2 is 2.12 bits per heavy atom. The summed E-state index contributed by atoms with van der Waals surface area (Å²) < 4.78 is 5.60. The van der Waals surface area contributed by atoms with Crippen molar-refractivity contribution >= 4 is 41.7 Å². The number of likely N-dealkylation sites (tertiary alicyclic amines) is 1. The minimum atomic E-state index is 0. The van der Waals surface area contributed by atoms with Gasteiger partial charge in [0.2, 0.25) is 0 Å². The summed E-state index contributed by atoms with van der Waals surface area (Å²) in [5.41, 5.74) is 0. The molecule has 0 amide bonds. The number of hydrogen-bond acceptors (Lipinski definition) is 3. The van der Waals surface area contributed by atoms with Gasteiger partial charge in [-0.2, -0.15) is 0 Å². The summed E-state index contributed by atoms with van der Waals surface area (Å²) in [6, 6.07) is 10.7. The predicted octanol–water partition coefficient (Wildman–Crippen LogP) is 4.11. The zero-order chi connectivity index (χ0) is 17.0. The van der Waals surface area contributed by atoms with E-state index in [-0.39, 0.29) is 24.0 Å². The van der Waals surface area contributed by atoms with Gasteiger partial charge in [-0.3, -0.25) is 4.99 Å². The van der Waals surface area contributed by atoms with Crippen LogP contribution in [0.15, 0.2) is 40.2 Å². The standard InChI is InChI=1S/C19H31N3OS.HI/c1-3-4-13-23-14-11-21-19(20-2)22-12-10-17(15-22)16-24-18-8-6-5-7-9-18;/h5-9,17H,3-4,10-16H2,1-2H3,(H,20,21);1H. The van der Waals surface area contributed by atoms with Crippen LogP contribution >= 0.6 is 35.7 Å². The van der Waals surface area contributed by atoms with Gasteiger partial charge in [0.1, 0.15) is 0 Å². The molecule has 1 fully saturated rings. The van der Waals surface area contributed by atoms with E-state index in [0.29, 0.717) is 0 Å². The van der Waals surface area contributed by atoms with Crippen LogP contribution in [-0.2, 0) is 4.74 Å². The molecule has 1 N–H and O–H groups in total. The second-order valence-corrected chi connectivity index (χ2v) is 7.26. The van der Waals surface area contributed by atoms with Gasteiger partial charge in [-0.25, -0.2) is 0 Å². The summed E-state index contributed by atoms with van der Waals surface area (Å²) >= 11 is 1.96. The van der Waals surface area contributed by atoms with Crippen LogP contribution in [0.5, 0.6) is 0 Å². The molecule has 0 bridgehead atoms. The molecule has 1 unspecified atom stereocenters. The van der Waals surface area contributed by atoms with Gasteiger partial charge >= 0.3 is 0 Å². The quantitative estimate of drug-likeness (QED) is 0.191. The van der Waals surface area contributed by atoms with Crippen molar-refractivity contribution in [2.24, 2.45) is 10.9 Å². The molecule has 1 saturated heterocycles. The van der Waals surface area contributed by atoms with Crippen molar-refractivity contribution in [3.8, 4) is 0 Å². The van der Waals surface area contributed by atoms with Crippen LogP contribution in [0, 0.1) is 5.92 Å². The fraction of sp³-hybridized carbons (Fsp3) is 0.632. The lowest BCUT2D eigenvalue weighted by Crippen LogP contribution is -2.41. The second-order valence-electron chi connectivity index (χ2n) is 6.16. The first kappa shape index (κ1) is 22.6. The summed E-state index contributed by atoms with van der Waals surface area (Å²) in [4.78, 5) is 8.17. The Morgan fingerprint density at radius 1 is 1.32 bits per heavy atom. The number of halogens is 1. The molecule has 25 heavy (non-hydrogen) atoms. The molecule has 1 aliphatic rings. The van der Waals surface area contributed by atoms with E-state index in [0.717, 1.165) is 51.1 Å². The van der Waals surface area contributed by atoms with E-state index in [9.17, 15) is 0 Å². The van der Waals surface area contributed by atoms with Gasteiger partial charge in [0.25, 0.3) is 0 Å². The van der Waals surface area contributed by atoms with Crippen molar-refractivity contribution in [2.75, 3.05) is 45.6 Å². The van der Waals surface area contributed by atoms with Crippen LogP contribution < -0.4 is 5.32 Å². The van der Waals surface area contributed by atoms with Crippen molar-refractivity contribution in [3.63, 3.8) is 0 Å². The van der Waals surface area contributed by atoms with Gasteiger partial charge in [0, 0.05) is 43.9 Å². The maximum atomic E-state index is 5.60. The molecule has 0 aliphatic carbocycles. The van der Waals surface area contributed by atoms with E-state index in [1.807, 2.05) is 18.8 Å². The zero-order valence-corrected chi connectivity index (χ0v) is 18.6. The van der Waals surface area contributed by atoms with E-state index < -0.39 is 0 Å². The Bertz CT molecular complexity index is 487. The number of rotatable bonds is 9. The summed E-state index contributed by atoms with van der Waals surface area (Å²) in [6.45, 7) is 6.81. The van der Waals surface area contributed by atoms with Crippen LogP contribution in [0.1, 0.15) is 26.2 Å². The Morgan fingerprint density at radius 3 is 2.84 bits per heavy atom. The lowest BCUT2D eigenvalue weighted by atomic mass is 10.2. The SMILES string of the molecule is CCCCOCCNC(=NC)N1CCC(CSc2ccccc2)C1.I. The Labute approximate surface area is 174 Å². The number of aliphatic imine (C=N–C) groups is 1. The average Bonchev–Trinajstić information content (AvgIpc) is 3.09. The van der Waals surface area contributed by atoms with Crippen molar-refractivity contribution in [3.05, 3.63) is 30.3 Å². The van der Waals surface area contributed by atoms with Gasteiger partial charge in [-0.15, -0.1) is 35.7 Å². The van der Waals surface area contributed by atoms with E-state index >= 15 is 0 Å². The molecule has 2 rings (SSSR count). The van der Waals surface area contributed by atoms with Crippen LogP contribution in [-0.4, -0.2) is 56.5 Å². The van der Waals surface area contributed by atoms with E-state index in [4.69, 9.17) is 4.74 Å². The third kappa shape index (κ3) is 8.64. The maximum Gasteiger partial charge on any atom is 0.193 e.